The average Bonchev–Trinajstić information content (AvgIpc) is 2.73. The molecule has 0 bridgehead atoms. The van der Waals surface area contributed by atoms with E-state index < -0.39 is 0 Å². The minimum Gasteiger partial charge on any atom is -0.330 e. The first-order valence-corrected chi connectivity index (χ1v) is 7.49. The van der Waals surface area contributed by atoms with Gasteiger partial charge < -0.3 is 5.32 Å². The van der Waals surface area contributed by atoms with Crippen molar-refractivity contribution in [1.82, 2.24) is 10.7 Å². The number of benzene rings is 1. The Morgan fingerprint density at radius 2 is 2.18 bits per heavy atom. The highest BCUT2D eigenvalue weighted by atomic mass is 32.2. The number of carbonyl (C=O) groups is 1. The highest BCUT2D eigenvalue weighted by Crippen LogP contribution is 2.40. The van der Waals surface area contributed by atoms with E-state index in [0.29, 0.717) is 0 Å². The molecule has 1 aliphatic rings. The Labute approximate surface area is 109 Å². The Hall–Kier alpha value is -0.690. The van der Waals surface area contributed by atoms with Gasteiger partial charge in [-0.3, -0.25) is 10.6 Å². The standard InChI is InChI=1S/C11H15N3OS2/c1-16-8(7-5-3-2-4-6-7)9-10(15)13-11(14-12)17-9/h2-6,8-9,11,14H,12H2,1H3,(H,13,15). The number of hydrazine groups is 1. The third-order valence-corrected chi connectivity index (χ3v) is 5.15. The summed E-state index contributed by atoms with van der Waals surface area (Å²) in [7, 11) is 0. The molecule has 0 aliphatic carbocycles. The van der Waals surface area contributed by atoms with Crippen LogP contribution in [0.2, 0.25) is 0 Å². The predicted molar refractivity (Wildman–Crippen MR) is 73.3 cm³/mol. The molecule has 0 aromatic heterocycles. The van der Waals surface area contributed by atoms with Crippen molar-refractivity contribution < 1.29 is 4.79 Å². The first-order chi connectivity index (χ1) is 8.26. The first kappa shape index (κ1) is 12.8. The van der Waals surface area contributed by atoms with Crippen molar-refractivity contribution in [2.45, 2.75) is 16.0 Å². The number of hydrogen-bond donors (Lipinski definition) is 3. The smallest absolute Gasteiger partial charge is 0.236 e. The Bertz CT molecular complexity index is 388. The molecule has 0 radical (unpaired) electrons. The molecule has 1 amide bonds. The minimum atomic E-state index is -0.189. The van der Waals surface area contributed by atoms with Gasteiger partial charge in [0.1, 0.15) is 10.7 Å². The number of amides is 1. The van der Waals surface area contributed by atoms with Gasteiger partial charge in [0.15, 0.2) is 0 Å². The lowest BCUT2D eigenvalue weighted by atomic mass is 10.1. The second kappa shape index (κ2) is 5.77. The normalized spacial score (nSPS) is 25.6. The Morgan fingerprint density at radius 3 is 2.71 bits per heavy atom. The van der Waals surface area contributed by atoms with E-state index in [1.54, 1.807) is 11.8 Å². The van der Waals surface area contributed by atoms with E-state index in [9.17, 15) is 4.79 Å². The fourth-order valence-corrected chi connectivity index (χ4v) is 4.19. The van der Waals surface area contributed by atoms with Crippen LogP contribution in [0.15, 0.2) is 30.3 Å². The van der Waals surface area contributed by atoms with Crippen molar-refractivity contribution in [2.24, 2.45) is 5.84 Å². The molecule has 4 nitrogen and oxygen atoms in total. The van der Waals surface area contributed by atoms with Crippen LogP contribution in [0.5, 0.6) is 0 Å². The maximum atomic E-state index is 11.9. The second-order valence-corrected chi connectivity index (χ2v) is 5.91. The third-order valence-electron chi connectivity index (χ3n) is 2.62. The average molecular weight is 269 g/mol. The summed E-state index contributed by atoms with van der Waals surface area (Å²) in [5.74, 6) is 5.39. The molecule has 3 atom stereocenters. The molecule has 3 unspecified atom stereocenters. The van der Waals surface area contributed by atoms with E-state index in [1.807, 2.05) is 24.5 Å². The summed E-state index contributed by atoms with van der Waals surface area (Å²) in [5, 5.41) is 2.86. The van der Waals surface area contributed by atoms with Crippen LogP contribution in [0.4, 0.5) is 0 Å². The predicted octanol–water partition coefficient (Wildman–Crippen LogP) is 1.07. The molecular formula is C11H15N3OS2. The van der Waals surface area contributed by atoms with E-state index in [2.05, 4.69) is 22.9 Å². The van der Waals surface area contributed by atoms with Crippen molar-refractivity contribution in [2.75, 3.05) is 6.26 Å². The SMILES string of the molecule is CSC(c1ccccc1)C1SC(NN)NC1=O. The molecule has 0 spiro atoms. The third kappa shape index (κ3) is 2.77. The van der Waals surface area contributed by atoms with Gasteiger partial charge in [0.25, 0.3) is 0 Å². The quantitative estimate of drug-likeness (QED) is 0.563. The summed E-state index contributed by atoms with van der Waals surface area (Å²) in [6, 6.07) is 10.1. The maximum absolute atomic E-state index is 11.9. The summed E-state index contributed by atoms with van der Waals surface area (Å²) in [6.45, 7) is 0. The Balaban J connectivity index is 2.17. The number of hydrogen-bond acceptors (Lipinski definition) is 5. The van der Waals surface area contributed by atoms with Crippen LogP contribution in [-0.4, -0.2) is 22.9 Å². The van der Waals surface area contributed by atoms with E-state index in [0.717, 1.165) is 0 Å². The van der Waals surface area contributed by atoms with E-state index in [-0.39, 0.29) is 21.9 Å². The van der Waals surface area contributed by atoms with Crippen molar-refractivity contribution in [3.8, 4) is 0 Å². The molecule has 1 saturated heterocycles. The molecule has 1 heterocycles. The number of nitrogens with two attached hydrogens (primary N) is 1. The van der Waals surface area contributed by atoms with Gasteiger partial charge in [0.05, 0.1) is 5.25 Å². The summed E-state index contributed by atoms with van der Waals surface area (Å²) in [6.07, 6.45) is 2.02. The van der Waals surface area contributed by atoms with E-state index in [1.165, 1.54) is 17.3 Å². The Kier molecular flexibility index (Phi) is 4.33. The van der Waals surface area contributed by atoms with Crippen molar-refractivity contribution in [1.29, 1.82) is 0 Å². The summed E-state index contributed by atoms with van der Waals surface area (Å²) < 4.78 is 0. The molecule has 1 aromatic carbocycles. The zero-order valence-electron chi connectivity index (χ0n) is 9.42. The number of thioether (sulfide) groups is 2. The molecular weight excluding hydrogens is 254 g/mol. The molecule has 1 aliphatic heterocycles. The largest absolute Gasteiger partial charge is 0.330 e. The van der Waals surface area contributed by atoms with Gasteiger partial charge in [0.2, 0.25) is 5.91 Å². The summed E-state index contributed by atoms with van der Waals surface area (Å²) in [4.78, 5) is 11.9. The van der Waals surface area contributed by atoms with Gasteiger partial charge >= 0.3 is 0 Å². The van der Waals surface area contributed by atoms with Crippen LogP contribution in [0, 0.1) is 0 Å². The topological polar surface area (TPSA) is 67.2 Å². The fraction of sp³-hybridized carbons (Fsp3) is 0.364. The highest BCUT2D eigenvalue weighted by molar-refractivity contribution is 8.04. The maximum Gasteiger partial charge on any atom is 0.236 e. The highest BCUT2D eigenvalue weighted by Gasteiger charge is 2.38. The van der Waals surface area contributed by atoms with Gasteiger partial charge in [0, 0.05) is 0 Å². The first-order valence-electron chi connectivity index (χ1n) is 5.26. The zero-order chi connectivity index (χ0) is 12.3. The molecule has 1 aromatic rings. The van der Waals surface area contributed by atoms with Gasteiger partial charge in [-0.1, -0.05) is 30.3 Å². The van der Waals surface area contributed by atoms with E-state index in [4.69, 9.17) is 5.84 Å². The van der Waals surface area contributed by atoms with Gasteiger partial charge in [-0.2, -0.15) is 11.8 Å². The van der Waals surface area contributed by atoms with Gasteiger partial charge in [-0.25, -0.2) is 5.43 Å². The molecule has 17 heavy (non-hydrogen) atoms. The van der Waals surface area contributed by atoms with Crippen LogP contribution < -0.4 is 16.6 Å². The summed E-state index contributed by atoms with van der Waals surface area (Å²) in [5.41, 5.74) is 3.56. The molecule has 1 fully saturated rings. The van der Waals surface area contributed by atoms with Crippen LogP contribution in [-0.2, 0) is 4.79 Å². The molecule has 4 N–H and O–H groups in total. The lowest BCUT2D eigenvalue weighted by molar-refractivity contribution is -0.120. The second-order valence-electron chi connectivity index (χ2n) is 3.68. The molecule has 2 rings (SSSR count). The number of rotatable bonds is 4. The van der Waals surface area contributed by atoms with Gasteiger partial charge in [-0.05, 0) is 11.8 Å². The van der Waals surface area contributed by atoms with Crippen LogP contribution in [0.25, 0.3) is 0 Å². The Morgan fingerprint density at radius 1 is 1.47 bits per heavy atom. The fourth-order valence-electron chi connectivity index (χ4n) is 1.82. The lowest BCUT2D eigenvalue weighted by Crippen LogP contribution is -2.41. The minimum absolute atomic E-state index is 0.0427. The number of nitrogens with one attached hydrogen (secondary N) is 2. The lowest BCUT2D eigenvalue weighted by Gasteiger charge is -2.19. The molecule has 0 saturated carbocycles. The van der Waals surface area contributed by atoms with Crippen molar-refractivity contribution in [3.05, 3.63) is 35.9 Å². The van der Waals surface area contributed by atoms with Gasteiger partial charge in [-0.15, -0.1) is 11.8 Å². The summed E-state index contributed by atoms with van der Waals surface area (Å²) >= 11 is 3.21. The van der Waals surface area contributed by atoms with Crippen LogP contribution >= 0.6 is 23.5 Å². The molecule has 6 heteroatoms. The van der Waals surface area contributed by atoms with Crippen molar-refractivity contribution in [3.63, 3.8) is 0 Å². The van der Waals surface area contributed by atoms with Crippen LogP contribution in [0.1, 0.15) is 10.8 Å². The van der Waals surface area contributed by atoms with Crippen LogP contribution in [0.3, 0.4) is 0 Å². The van der Waals surface area contributed by atoms with Crippen molar-refractivity contribution >= 4 is 29.4 Å². The van der Waals surface area contributed by atoms with E-state index >= 15 is 0 Å². The monoisotopic (exact) mass is 269 g/mol. The molecule has 92 valence electrons. The number of carbonyl (C=O) groups excluding carboxylic acids is 1. The zero-order valence-corrected chi connectivity index (χ0v) is 11.1.